The number of hydrogen-bond acceptors (Lipinski definition) is 5. The first-order valence-corrected chi connectivity index (χ1v) is 6.60. The van der Waals surface area contributed by atoms with Crippen LogP contribution in [-0.4, -0.2) is 21.7 Å². The first-order chi connectivity index (χ1) is 8.25. The van der Waals surface area contributed by atoms with E-state index in [1.54, 1.807) is 6.20 Å². The molecule has 17 heavy (non-hydrogen) atoms. The summed E-state index contributed by atoms with van der Waals surface area (Å²) in [5, 5.41) is 7.00. The molecular weight excluding hydrogens is 352 g/mol. The Bertz CT molecular complexity index is 475. The van der Waals surface area contributed by atoms with Gasteiger partial charge in [0.15, 0.2) is 5.82 Å². The Morgan fingerprint density at radius 3 is 2.88 bits per heavy atom. The molecule has 0 aliphatic carbocycles. The summed E-state index contributed by atoms with van der Waals surface area (Å²) in [6, 6.07) is 1.98. The second-order valence-corrected chi connectivity index (χ2v) is 5.13. The summed E-state index contributed by atoms with van der Waals surface area (Å²) in [5.41, 5.74) is 0.973. The third-order valence-corrected chi connectivity index (χ3v) is 3.23. The van der Waals surface area contributed by atoms with Gasteiger partial charge in [-0.1, -0.05) is 5.16 Å². The Balaban J connectivity index is 1.78. The molecule has 0 radical (unpaired) electrons. The van der Waals surface area contributed by atoms with Crippen LogP contribution in [0.25, 0.3) is 0 Å². The van der Waals surface area contributed by atoms with Crippen molar-refractivity contribution in [2.45, 2.75) is 13.0 Å². The van der Waals surface area contributed by atoms with Crippen molar-refractivity contribution in [1.82, 2.24) is 20.4 Å². The predicted molar refractivity (Wildman–Crippen MR) is 69.3 cm³/mol. The summed E-state index contributed by atoms with van der Waals surface area (Å²) >= 11 is 6.83. The molecule has 2 aromatic heterocycles. The topological polar surface area (TPSA) is 63.8 Å². The van der Waals surface area contributed by atoms with Crippen molar-refractivity contribution in [2.75, 3.05) is 6.54 Å². The highest BCUT2D eigenvalue weighted by Crippen LogP contribution is 2.19. The van der Waals surface area contributed by atoms with Gasteiger partial charge in [0.2, 0.25) is 6.39 Å². The first-order valence-electron chi connectivity index (χ1n) is 5.01. The Labute approximate surface area is 115 Å². The fraction of sp³-hybridized carbons (Fsp3) is 0.300. The molecule has 0 saturated heterocycles. The summed E-state index contributed by atoms with van der Waals surface area (Å²) in [4.78, 5) is 8.25. The van der Waals surface area contributed by atoms with E-state index in [1.807, 2.05) is 6.07 Å². The average Bonchev–Trinajstić information content (AvgIpc) is 2.79. The first kappa shape index (κ1) is 12.7. The van der Waals surface area contributed by atoms with E-state index in [-0.39, 0.29) is 0 Å². The highest BCUT2D eigenvalue weighted by atomic mass is 79.9. The lowest BCUT2D eigenvalue weighted by Gasteiger charge is -2.05. The maximum absolute atomic E-state index is 4.65. The van der Waals surface area contributed by atoms with Crippen LogP contribution in [0.4, 0.5) is 0 Å². The molecule has 0 bridgehead atoms. The Kier molecular flexibility index (Phi) is 4.64. The van der Waals surface area contributed by atoms with E-state index in [2.05, 4.69) is 56.8 Å². The fourth-order valence-electron chi connectivity index (χ4n) is 1.28. The zero-order valence-corrected chi connectivity index (χ0v) is 12.0. The maximum atomic E-state index is 4.65. The van der Waals surface area contributed by atoms with Crippen LogP contribution in [0.15, 0.2) is 32.1 Å². The van der Waals surface area contributed by atoms with Crippen LogP contribution in [0, 0.1) is 0 Å². The van der Waals surface area contributed by atoms with Crippen molar-refractivity contribution in [3.05, 3.63) is 39.1 Å². The Morgan fingerprint density at radius 2 is 2.18 bits per heavy atom. The molecule has 0 aromatic carbocycles. The van der Waals surface area contributed by atoms with Gasteiger partial charge in [0.1, 0.15) is 0 Å². The van der Waals surface area contributed by atoms with Gasteiger partial charge in [-0.25, -0.2) is 0 Å². The van der Waals surface area contributed by atoms with Gasteiger partial charge in [0.25, 0.3) is 0 Å². The molecule has 7 heteroatoms. The quantitative estimate of drug-likeness (QED) is 0.828. The van der Waals surface area contributed by atoms with Crippen molar-refractivity contribution in [3.63, 3.8) is 0 Å². The van der Waals surface area contributed by atoms with E-state index in [0.29, 0.717) is 12.4 Å². The number of halogens is 2. The van der Waals surface area contributed by atoms with E-state index in [1.165, 1.54) is 6.39 Å². The van der Waals surface area contributed by atoms with Crippen molar-refractivity contribution in [1.29, 1.82) is 0 Å². The van der Waals surface area contributed by atoms with Crippen molar-refractivity contribution < 1.29 is 4.52 Å². The molecule has 0 aliphatic rings. The highest BCUT2D eigenvalue weighted by molar-refractivity contribution is 9.11. The summed E-state index contributed by atoms with van der Waals surface area (Å²) in [6.07, 6.45) is 3.85. The Morgan fingerprint density at radius 1 is 1.29 bits per heavy atom. The monoisotopic (exact) mass is 360 g/mol. The Hall–Kier alpha value is -0.790. The summed E-state index contributed by atoms with van der Waals surface area (Å²) in [5.74, 6) is 0.709. The molecule has 0 amide bonds. The summed E-state index contributed by atoms with van der Waals surface area (Å²) in [6.45, 7) is 1.48. The molecule has 0 fully saturated rings. The molecule has 0 atom stereocenters. The molecule has 1 N–H and O–H groups in total. The maximum Gasteiger partial charge on any atom is 0.213 e. The van der Waals surface area contributed by atoms with Crippen LogP contribution >= 0.6 is 31.9 Å². The molecule has 0 unspecified atom stereocenters. The smallest absolute Gasteiger partial charge is 0.213 e. The molecule has 90 valence electrons. The van der Waals surface area contributed by atoms with E-state index < -0.39 is 0 Å². The summed E-state index contributed by atoms with van der Waals surface area (Å²) < 4.78 is 6.59. The second-order valence-electron chi connectivity index (χ2n) is 3.36. The molecule has 5 nitrogen and oxygen atoms in total. The number of rotatable bonds is 5. The molecule has 0 spiro atoms. The number of aromatic nitrogens is 3. The minimum absolute atomic E-state index is 0.700. The molecule has 2 rings (SSSR count). The number of nitrogens with one attached hydrogen (secondary N) is 1. The number of nitrogens with zero attached hydrogens (tertiary/aromatic N) is 3. The van der Waals surface area contributed by atoms with Gasteiger partial charge in [0, 0.05) is 34.7 Å². The van der Waals surface area contributed by atoms with Crippen LogP contribution < -0.4 is 5.32 Å². The third kappa shape index (κ3) is 3.86. The lowest BCUT2D eigenvalue weighted by Crippen LogP contribution is -2.18. The lowest BCUT2D eigenvalue weighted by atomic mass is 10.3. The van der Waals surface area contributed by atoms with E-state index in [9.17, 15) is 0 Å². The van der Waals surface area contributed by atoms with Crippen molar-refractivity contribution in [2.24, 2.45) is 0 Å². The van der Waals surface area contributed by atoms with Gasteiger partial charge < -0.3 is 9.84 Å². The highest BCUT2D eigenvalue weighted by Gasteiger charge is 2.02. The molecule has 2 aromatic rings. The van der Waals surface area contributed by atoms with Crippen LogP contribution in [0.3, 0.4) is 0 Å². The normalized spacial score (nSPS) is 10.7. The van der Waals surface area contributed by atoms with E-state index in [4.69, 9.17) is 0 Å². The SMILES string of the molecule is Brc1cnc(CNCCc2ncon2)c(Br)c1. The van der Waals surface area contributed by atoms with Gasteiger partial charge in [-0.05, 0) is 37.9 Å². The van der Waals surface area contributed by atoms with Gasteiger partial charge >= 0.3 is 0 Å². The molecule has 0 saturated carbocycles. The van der Waals surface area contributed by atoms with Crippen LogP contribution in [0.5, 0.6) is 0 Å². The average molecular weight is 362 g/mol. The minimum atomic E-state index is 0.700. The van der Waals surface area contributed by atoms with Crippen LogP contribution in [0.2, 0.25) is 0 Å². The van der Waals surface area contributed by atoms with Crippen LogP contribution in [0.1, 0.15) is 11.5 Å². The predicted octanol–water partition coefficient (Wildman–Crippen LogP) is 2.32. The van der Waals surface area contributed by atoms with E-state index in [0.717, 1.165) is 27.6 Å². The van der Waals surface area contributed by atoms with E-state index >= 15 is 0 Å². The second kappa shape index (κ2) is 6.23. The standard InChI is InChI=1S/C10H10Br2N4O/c11-7-3-8(12)9(14-4-7)5-13-2-1-10-15-6-17-16-10/h3-4,6,13H,1-2,5H2. The molecule has 0 aliphatic heterocycles. The largest absolute Gasteiger partial charge is 0.343 e. The van der Waals surface area contributed by atoms with Crippen molar-refractivity contribution >= 4 is 31.9 Å². The number of pyridine rings is 1. The lowest BCUT2D eigenvalue weighted by molar-refractivity contribution is 0.409. The van der Waals surface area contributed by atoms with Gasteiger partial charge in [-0.2, -0.15) is 4.98 Å². The van der Waals surface area contributed by atoms with Crippen LogP contribution in [-0.2, 0) is 13.0 Å². The number of hydrogen-bond donors (Lipinski definition) is 1. The van der Waals surface area contributed by atoms with Gasteiger partial charge in [-0.15, -0.1) is 0 Å². The van der Waals surface area contributed by atoms with Gasteiger partial charge in [-0.3, -0.25) is 4.98 Å². The minimum Gasteiger partial charge on any atom is -0.343 e. The fourth-order valence-corrected chi connectivity index (χ4v) is 2.41. The third-order valence-electron chi connectivity index (χ3n) is 2.11. The summed E-state index contributed by atoms with van der Waals surface area (Å²) in [7, 11) is 0. The molecule has 2 heterocycles. The van der Waals surface area contributed by atoms with Crippen molar-refractivity contribution in [3.8, 4) is 0 Å². The zero-order chi connectivity index (χ0) is 12.1. The molecular formula is C10H10Br2N4O. The van der Waals surface area contributed by atoms with Gasteiger partial charge in [0.05, 0.1) is 5.69 Å². The zero-order valence-electron chi connectivity index (χ0n) is 8.86.